The molecule has 0 aromatic heterocycles. The second kappa shape index (κ2) is 7.85. The molecule has 3 atom stereocenters. The number of likely N-dealkylation sites (tertiary alicyclic amines) is 1. The van der Waals surface area contributed by atoms with Crippen molar-refractivity contribution in [3.05, 3.63) is 65.2 Å². The second-order valence-corrected chi connectivity index (χ2v) is 8.28. The lowest BCUT2D eigenvalue weighted by Crippen LogP contribution is -2.35. The number of nitrogens with one attached hydrogen (secondary N) is 1. The first-order valence-electron chi connectivity index (χ1n) is 10.3. The molecule has 1 aliphatic carbocycles. The average molecular weight is 363 g/mol. The van der Waals surface area contributed by atoms with E-state index in [1.165, 1.54) is 44.2 Å². The summed E-state index contributed by atoms with van der Waals surface area (Å²) in [7, 11) is 0. The Morgan fingerprint density at radius 3 is 2.52 bits per heavy atom. The van der Waals surface area contributed by atoms with Crippen molar-refractivity contribution in [1.82, 2.24) is 4.90 Å². The smallest absolute Gasteiger partial charge is 0.255 e. The number of rotatable bonds is 4. The molecule has 1 amide bonds. The second-order valence-electron chi connectivity index (χ2n) is 8.28. The monoisotopic (exact) mass is 362 g/mol. The Balaban J connectivity index is 1.38. The molecule has 27 heavy (non-hydrogen) atoms. The highest BCUT2D eigenvalue weighted by molar-refractivity contribution is 6.05. The molecule has 1 heterocycles. The molecule has 2 aromatic carbocycles. The van der Waals surface area contributed by atoms with E-state index < -0.39 is 0 Å². The Kier molecular flexibility index (Phi) is 5.31. The Bertz CT molecular complexity index is 798. The summed E-state index contributed by atoms with van der Waals surface area (Å²) in [6.45, 7) is 5.63. The van der Waals surface area contributed by atoms with Crippen LogP contribution >= 0.6 is 0 Å². The Labute approximate surface area is 162 Å². The van der Waals surface area contributed by atoms with Gasteiger partial charge in [-0.05, 0) is 87.7 Å². The molecule has 4 rings (SSSR count). The highest BCUT2D eigenvalue weighted by atomic mass is 16.1. The van der Waals surface area contributed by atoms with Crippen LogP contribution in [-0.4, -0.2) is 29.4 Å². The fourth-order valence-corrected chi connectivity index (χ4v) is 4.92. The van der Waals surface area contributed by atoms with Gasteiger partial charge in [0.15, 0.2) is 0 Å². The van der Waals surface area contributed by atoms with Crippen molar-refractivity contribution in [2.45, 2.75) is 64.0 Å². The van der Waals surface area contributed by atoms with Gasteiger partial charge in [-0.3, -0.25) is 9.69 Å². The molecular formula is C24H30N2O. The third-order valence-electron chi connectivity index (χ3n) is 6.51. The van der Waals surface area contributed by atoms with Crippen LogP contribution in [0.2, 0.25) is 0 Å². The van der Waals surface area contributed by atoms with E-state index in [4.69, 9.17) is 0 Å². The molecule has 3 heteroatoms. The van der Waals surface area contributed by atoms with Crippen LogP contribution in [0.1, 0.15) is 66.4 Å². The van der Waals surface area contributed by atoms with Crippen molar-refractivity contribution in [1.29, 1.82) is 0 Å². The lowest BCUT2D eigenvalue weighted by Gasteiger charge is -2.28. The zero-order chi connectivity index (χ0) is 18.8. The van der Waals surface area contributed by atoms with Crippen LogP contribution in [0.15, 0.2) is 48.5 Å². The molecule has 0 radical (unpaired) electrons. The fourth-order valence-electron chi connectivity index (χ4n) is 4.92. The third kappa shape index (κ3) is 3.93. The van der Waals surface area contributed by atoms with Gasteiger partial charge in [0.25, 0.3) is 5.91 Å². The summed E-state index contributed by atoms with van der Waals surface area (Å²) in [5.74, 6) is 0.619. The third-order valence-corrected chi connectivity index (χ3v) is 6.51. The minimum atomic E-state index is -0.0372. The Hall–Kier alpha value is -2.13. The molecule has 1 saturated heterocycles. The summed E-state index contributed by atoms with van der Waals surface area (Å²) >= 11 is 0. The average Bonchev–Trinajstić information content (AvgIpc) is 3.31. The molecule has 2 aromatic rings. The standard InChI is InChI=1S/C24H30N2O/c1-17-6-3-4-8-23(17)24(27)25-21-12-9-19(10-13-21)20-11-14-22(16-20)26-15-5-7-18(26)2/h3-4,6,8-10,12-13,18,20,22H,5,7,11,14-16H2,1-2H3,(H,25,27)/t18-,20?,22?/m0/s1. The van der Waals surface area contributed by atoms with E-state index in [1.807, 2.05) is 31.2 Å². The minimum absolute atomic E-state index is 0.0372. The van der Waals surface area contributed by atoms with E-state index >= 15 is 0 Å². The lowest BCUT2D eigenvalue weighted by molar-refractivity contribution is 0.102. The molecule has 142 valence electrons. The van der Waals surface area contributed by atoms with Gasteiger partial charge in [-0.25, -0.2) is 0 Å². The summed E-state index contributed by atoms with van der Waals surface area (Å²) in [5.41, 5.74) is 4.02. The molecular weight excluding hydrogens is 332 g/mol. The topological polar surface area (TPSA) is 32.3 Å². The number of benzene rings is 2. The van der Waals surface area contributed by atoms with Crippen molar-refractivity contribution >= 4 is 11.6 Å². The van der Waals surface area contributed by atoms with Crippen molar-refractivity contribution in [2.75, 3.05) is 11.9 Å². The highest BCUT2D eigenvalue weighted by Gasteiger charge is 2.34. The summed E-state index contributed by atoms with van der Waals surface area (Å²) in [6.07, 6.45) is 6.59. The number of carbonyl (C=O) groups excluding carboxylic acids is 1. The van der Waals surface area contributed by atoms with E-state index in [-0.39, 0.29) is 5.91 Å². The van der Waals surface area contributed by atoms with Gasteiger partial charge in [0.05, 0.1) is 0 Å². The molecule has 2 fully saturated rings. The zero-order valence-corrected chi connectivity index (χ0v) is 16.4. The first-order chi connectivity index (χ1) is 13.1. The van der Waals surface area contributed by atoms with Crippen LogP contribution in [0.25, 0.3) is 0 Å². The predicted octanol–water partition coefficient (Wildman–Crippen LogP) is 5.37. The number of hydrogen-bond acceptors (Lipinski definition) is 2. The van der Waals surface area contributed by atoms with Crippen LogP contribution in [0, 0.1) is 6.92 Å². The number of nitrogens with zero attached hydrogens (tertiary/aromatic N) is 1. The molecule has 0 bridgehead atoms. The van der Waals surface area contributed by atoms with Gasteiger partial charge < -0.3 is 5.32 Å². The number of anilines is 1. The van der Waals surface area contributed by atoms with Crippen LogP contribution in [-0.2, 0) is 0 Å². The maximum atomic E-state index is 12.5. The summed E-state index contributed by atoms with van der Waals surface area (Å²) in [6, 6.07) is 17.7. The molecule has 2 aliphatic rings. The van der Waals surface area contributed by atoms with Gasteiger partial charge in [-0.1, -0.05) is 30.3 Å². The number of amides is 1. The van der Waals surface area contributed by atoms with Gasteiger partial charge in [0, 0.05) is 23.3 Å². The Morgan fingerprint density at radius 1 is 1.04 bits per heavy atom. The zero-order valence-electron chi connectivity index (χ0n) is 16.4. The van der Waals surface area contributed by atoms with Crippen molar-refractivity contribution in [3.63, 3.8) is 0 Å². The minimum Gasteiger partial charge on any atom is -0.322 e. The summed E-state index contributed by atoms with van der Waals surface area (Å²) in [4.78, 5) is 15.2. The van der Waals surface area contributed by atoms with Crippen LogP contribution in [0.3, 0.4) is 0 Å². The quantitative estimate of drug-likeness (QED) is 0.793. The van der Waals surface area contributed by atoms with E-state index in [2.05, 4.69) is 41.4 Å². The highest BCUT2D eigenvalue weighted by Crippen LogP contribution is 2.39. The fraction of sp³-hybridized carbons (Fsp3) is 0.458. The van der Waals surface area contributed by atoms with Crippen LogP contribution < -0.4 is 5.32 Å². The van der Waals surface area contributed by atoms with E-state index in [1.54, 1.807) is 0 Å². The van der Waals surface area contributed by atoms with Crippen LogP contribution in [0.4, 0.5) is 5.69 Å². The first-order valence-corrected chi connectivity index (χ1v) is 10.3. The summed E-state index contributed by atoms with van der Waals surface area (Å²) in [5, 5.41) is 3.03. The van der Waals surface area contributed by atoms with Crippen molar-refractivity contribution < 1.29 is 4.79 Å². The molecule has 0 spiro atoms. The first kappa shape index (κ1) is 18.2. The number of hydrogen-bond donors (Lipinski definition) is 1. The Morgan fingerprint density at radius 2 is 1.81 bits per heavy atom. The predicted molar refractivity (Wildman–Crippen MR) is 111 cm³/mol. The van der Waals surface area contributed by atoms with Gasteiger partial charge in [-0.15, -0.1) is 0 Å². The van der Waals surface area contributed by atoms with E-state index in [9.17, 15) is 4.79 Å². The van der Waals surface area contributed by atoms with Crippen molar-refractivity contribution in [2.24, 2.45) is 0 Å². The largest absolute Gasteiger partial charge is 0.322 e. The number of carbonyl (C=O) groups is 1. The molecule has 1 saturated carbocycles. The number of aryl methyl sites for hydroxylation is 1. The van der Waals surface area contributed by atoms with Crippen LogP contribution in [0.5, 0.6) is 0 Å². The molecule has 1 N–H and O–H groups in total. The molecule has 2 unspecified atom stereocenters. The van der Waals surface area contributed by atoms with E-state index in [0.717, 1.165) is 28.9 Å². The van der Waals surface area contributed by atoms with Gasteiger partial charge in [0.2, 0.25) is 0 Å². The van der Waals surface area contributed by atoms with Crippen molar-refractivity contribution in [3.8, 4) is 0 Å². The van der Waals surface area contributed by atoms with Gasteiger partial charge >= 0.3 is 0 Å². The maximum absolute atomic E-state index is 12.5. The summed E-state index contributed by atoms with van der Waals surface area (Å²) < 4.78 is 0. The van der Waals surface area contributed by atoms with Gasteiger partial charge in [-0.2, -0.15) is 0 Å². The lowest BCUT2D eigenvalue weighted by atomic mass is 9.97. The maximum Gasteiger partial charge on any atom is 0.255 e. The normalized spacial score (nSPS) is 25.6. The van der Waals surface area contributed by atoms with Gasteiger partial charge in [0.1, 0.15) is 0 Å². The molecule has 3 nitrogen and oxygen atoms in total. The van der Waals surface area contributed by atoms with E-state index in [0.29, 0.717) is 5.92 Å². The molecule has 1 aliphatic heterocycles. The SMILES string of the molecule is Cc1ccccc1C(=O)Nc1ccc(C2CCC(N3CCC[C@@H]3C)C2)cc1.